The van der Waals surface area contributed by atoms with Crippen molar-refractivity contribution in [1.29, 1.82) is 0 Å². The van der Waals surface area contributed by atoms with Gasteiger partial charge in [0.1, 0.15) is 10.8 Å². The summed E-state index contributed by atoms with van der Waals surface area (Å²) in [7, 11) is 0. The summed E-state index contributed by atoms with van der Waals surface area (Å²) in [4.78, 5) is 42.5. The van der Waals surface area contributed by atoms with Crippen LogP contribution in [0.15, 0.2) is 29.1 Å². The molecule has 1 aromatic carbocycles. The second-order valence-electron chi connectivity index (χ2n) is 6.63. The molecule has 0 saturated carbocycles. The molecule has 3 aromatic rings. The van der Waals surface area contributed by atoms with Crippen molar-refractivity contribution in [2.45, 2.75) is 26.2 Å². The van der Waals surface area contributed by atoms with E-state index in [1.165, 1.54) is 16.8 Å². The average Bonchev–Trinajstić information content (AvgIpc) is 3.28. The van der Waals surface area contributed by atoms with Crippen LogP contribution in [0.1, 0.15) is 33.7 Å². The van der Waals surface area contributed by atoms with Crippen LogP contribution in [-0.4, -0.2) is 30.6 Å². The van der Waals surface area contributed by atoms with E-state index in [2.05, 4.69) is 20.4 Å². The predicted molar refractivity (Wildman–Crippen MR) is 105 cm³/mol. The number of aryl methyl sites for hydroxylation is 2. The number of rotatable bonds is 4. The summed E-state index contributed by atoms with van der Waals surface area (Å²) in [5, 5.41) is 17.9. The highest BCUT2D eigenvalue weighted by molar-refractivity contribution is 6.32. The van der Waals surface area contributed by atoms with Gasteiger partial charge in [-0.1, -0.05) is 11.6 Å². The molecule has 11 heteroatoms. The second kappa shape index (κ2) is 7.13. The lowest BCUT2D eigenvalue weighted by atomic mass is 10.2. The number of nitro groups is 1. The van der Waals surface area contributed by atoms with Crippen LogP contribution in [0, 0.1) is 17.0 Å². The van der Waals surface area contributed by atoms with Crippen LogP contribution in [0.5, 0.6) is 0 Å². The Morgan fingerprint density at radius 1 is 1.34 bits per heavy atom. The molecule has 0 atom stereocenters. The number of nitrogens with one attached hydrogen (secondary N) is 2. The standard InChI is InChI=1S/C18H15ClN6O4/c1-9-7-15(21-16(26)10-5-6-12(19)14(8-10)25(28)29)24(23-9)18-20-13-4-2-3-11(13)17(27)22-18/h5-8H,2-4H2,1H3,(H,21,26)(H,20,22,27). The van der Waals surface area contributed by atoms with E-state index in [-0.39, 0.29) is 33.6 Å². The number of amides is 1. The van der Waals surface area contributed by atoms with Crippen LogP contribution in [0.2, 0.25) is 5.02 Å². The average molecular weight is 415 g/mol. The normalized spacial score (nSPS) is 12.6. The smallest absolute Gasteiger partial charge is 0.288 e. The lowest BCUT2D eigenvalue weighted by Crippen LogP contribution is -2.21. The fourth-order valence-corrected chi connectivity index (χ4v) is 3.45. The maximum absolute atomic E-state index is 12.6. The SMILES string of the molecule is Cc1cc(NC(=O)c2ccc(Cl)c([N+](=O)[O-])c2)n(-c2nc3c(c(=O)[nH]2)CCC3)n1. The molecule has 2 aromatic heterocycles. The molecule has 0 fully saturated rings. The van der Waals surface area contributed by atoms with E-state index in [1.54, 1.807) is 13.0 Å². The number of anilines is 1. The molecule has 0 saturated heterocycles. The van der Waals surface area contributed by atoms with E-state index in [4.69, 9.17) is 11.6 Å². The first kappa shape index (κ1) is 18.8. The maximum Gasteiger partial charge on any atom is 0.288 e. The first-order valence-electron chi connectivity index (χ1n) is 8.78. The fraction of sp³-hybridized carbons (Fsp3) is 0.222. The number of aromatic nitrogens is 4. The summed E-state index contributed by atoms with van der Waals surface area (Å²) in [5.74, 6) is -0.123. The van der Waals surface area contributed by atoms with Crippen LogP contribution < -0.4 is 10.9 Å². The third-order valence-corrected chi connectivity index (χ3v) is 4.93. The molecule has 0 spiro atoms. The zero-order valence-electron chi connectivity index (χ0n) is 15.2. The highest BCUT2D eigenvalue weighted by Gasteiger charge is 2.21. The summed E-state index contributed by atoms with van der Waals surface area (Å²) in [6, 6.07) is 5.38. The first-order chi connectivity index (χ1) is 13.8. The monoisotopic (exact) mass is 414 g/mol. The quantitative estimate of drug-likeness (QED) is 0.497. The summed E-state index contributed by atoms with van der Waals surface area (Å²) in [6.45, 7) is 1.73. The predicted octanol–water partition coefficient (Wildman–Crippen LogP) is 2.57. The zero-order valence-corrected chi connectivity index (χ0v) is 16.0. The van der Waals surface area contributed by atoms with Gasteiger partial charge in [-0.3, -0.25) is 24.7 Å². The van der Waals surface area contributed by atoms with Crippen LogP contribution in [0.4, 0.5) is 11.5 Å². The Labute approximate surface area is 168 Å². The van der Waals surface area contributed by atoms with Crippen molar-refractivity contribution in [3.8, 4) is 5.95 Å². The minimum absolute atomic E-state index is 0.0573. The highest BCUT2D eigenvalue weighted by atomic mass is 35.5. The number of fused-ring (bicyclic) bond motifs is 1. The second-order valence-corrected chi connectivity index (χ2v) is 7.04. The Morgan fingerprint density at radius 2 is 2.14 bits per heavy atom. The molecule has 0 radical (unpaired) electrons. The number of hydrogen-bond donors (Lipinski definition) is 2. The van der Waals surface area contributed by atoms with Crippen LogP contribution in [0.25, 0.3) is 5.95 Å². The molecule has 29 heavy (non-hydrogen) atoms. The van der Waals surface area contributed by atoms with Crippen LogP contribution in [0.3, 0.4) is 0 Å². The Kier molecular flexibility index (Phi) is 4.63. The number of hydrogen-bond acceptors (Lipinski definition) is 6. The van der Waals surface area contributed by atoms with Crippen molar-refractivity contribution in [1.82, 2.24) is 19.7 Å². The first-order valence-corrected chi connectivity index (χ1v) is 9.15. The van der Waals surface area contributed by atoms with Gasteiger partial charge in [0.25, 0.3) is 17.2 Å². The lowest BCUT2D eigenvalue weighted by Gasteiger charge is -2.09. The number of nitro benzene ring substituents is 1. The summed E-state index contributed by atoms with van der Waals surface area (Å²) >= 11 is 5.80. The zero-order chi connectivity index (χ0) is 20.7. The molecule has 10 nitrogen and oxygen atoms in total. The number of carbonyl (C=O) groups excluding carboxylic acids is 1. The van der Waals surface area contributed by atoms with Crippen molar-refractivity contribution in [3.05, 3.63) is 72.3 Å². The number of halogens is 1. The third kappa shape index (κ3) is 3.49. The molecule has 148 valence electrons. The summed E-state index contributed by atoms with van der Waals surface area (Å²) in [6.07, 6.45) is 2.27. The van der Waals surface area contributed by atoms with Crippen molar-refractivity contribution in [3.63, 3.8) is 0 Å². The van der Waals surface area contributed by atoms with Gasteiger partial charge in [0.15, 0.2) is 0 Å². The van der Waals surface area contributed by atoms with Gasteiger partial charge in [-0.05, 0) is 38.3 Å². The third-order valence-electron chi connectivity index (χ3n) is 4.61. The van der Waals surface area contributed by atoms with E-state index in [9.17, 15) is 19.7 Å². The molecule has 0 unspecified atom stereocenters. The van der Waals surface area contributed by atoms with Gasteiger partial charge in [-0.25, -0.2) is 4.98 Å². The summed E-state index contributed by atoms with van der Waals surface area (Å²) in [5.41, 5.74) is 1.46. The molecule has 1 aliphatic carbocycles. The summed E-state index contributed by atoms with van der Waals surface area (Å²) < 4.78 is 1.33. The molecule has 2 N–H and O–H groups in total. The van der Waals surface area contributed by atoms with Gasteiger partial charge >= 0.3 is 0 Å². The minimum Gasteiger partial charge on any atom is -0.306 e. The van der Waals surface area contributed by atoms with Crippen LogP contribution in [-0.2, 0) is 12.8 Å². The number of carbonyl (C=O) groups is 1. The van der Waals surface area contributed by atoms with Gasteiger partial charge in [0.05, 0.1) is 16.3 Å². The van der Waals surface area contributed by atoms with Crippen molar-refractivity contribution in [2.75, 3.05) is 5.32 Å². The number of aromatic amines is 1. The van der Waals surface area contributed by atoms with E-state index < -0.39 is 10.8 Å². The molecule has 1 aliphatic rings. The van der Waals surface area contributed by atoms with Crippen molar-refractivity contribution < 1.29 is 9.72 Å². The van der Waals surface area contributed by atoms with E-state index in [1.807, 2.05) is 0 Å². The molecular formula is C18H15ClN6O4. The van der Waals surface area contributed by atoms with Gasteiger partial charge in [0.2, 0.25) is 5.95 Å². The molecule has 4 rings (SSSR count). The van der Waals surface area contributed by atoms with Crippen molar-refractivity contribution in [2.24, 2.45) is 0 Å². The number of nitrogens with zero attached hydrogens (tertiary/aromatic N) is 4. The molecule has 2 heterocycles. The maximum atomic E-state index is 12.6. The van der Waals surface area contributed by atoms with Gasteiger partial charge in [-0.2, -0.15) is 9.78 Å². The topological polar surface area (TPSA) is 136 Å². The Morgan fingerprint density at radius 3 is 2.90 bits per heavy atom. The molecule has 0 aliphatic heterocycles. The Balaban J connectivity index is 1.69. The molecule has 1 amide bonds. The number of benzene rings is 1. The van der Waals surface area contributed by atoms with Gasteiger partial charge in [0, 0.05) is 23.3 Å². The largest absolute Gasteiger partial charge is 0.306 e. The molecular weight excluding hydrogens is 400 g/mol. The van der Waals surface area contributed by atoms with E-state index in [0.29, 0.717) is 24.1 Å². The lowest BCUT2D eigenvalue weighted by molar-refractivity contribution is -0.384. The number of H-pyrrole nitrogens is 1. The van der Waals surface area contributed by atoms with Gasteiger partial charge in [-0.15, -0.1) is 0 Å². The Bertz CT molecular complexity index is 1220. The Hall–Kier alpha value is -3.53. The van der Waals surface area contributed by atoms with E-state index in [0.717, 1.165) is 18.2 Å². The van der Waals surface area contributed by atoms with Crippen LogP contribution >= 0.6 is 11.6 Å². The van der Waals surface area contributed by atoms with Crippen molar-refractivity contribution >= 4 is 29.0 Å². The van der Waals surface area contributed by atoms with Gasteiger partial charge < -0.3 is 5.32 Å². The molecule has 0 bridgehead atoms. The minimum atomic E-state index is -0.660. The van der Waals surface area contributed by atoms with E-state index >= 15 is 0 Å². The highest BCUT2D eigenvalue weighted by Crippen LogP contribution is 2.26. The fourth-order valence-electron chi connectivity index (χ4n) is 3.26.